The average Bonchev–Trinajstić information content (AvgIpc) is 2.91. The summed E-state index contributed by atoms with van der Waals surface area (Å²) < 4.78 is 0. The van der Waals surface area contributed by atoms with Gasteiger partial charge in [0.05, 0.1) is 5.69 Å². The number of carbonyl (C=O) groups is 2. The van der Waals surface area contributed by atoms with Gasteiger partial charge in [0.2, 0.25) is 11.6 Å². The number of nitrogens with one attached hydrogen (secondary N) is 1. The van der Waals surface area contributed by atoms with Gasteiger partial charge in [-0.3, -0.25) is 14.6 Å². The minimum Gasteiger partial charge on any atom is -0.316 e. The molecule has 1 aromatic heterocycles. The van der Waals surface area contributed by atoms with Gasteiger partial charge in [0.1, 0.15) is 0 Å². The van der Waals surface area contributed by atoms with E-state index in [4.69, 9.17) is 0 Å². The first kappa shape index (κ1) is 15.6. The molecule has 0 spiro atoms. The van der Waals surface area contributed by atoms with E-state index < -0.39 is 5.78 Å². The summed E-state index contributed by atoms with van der Waals surface area (Å²) in [7, 11) is 0. The van der Waals surface area contributed by atoms with Crippen molar-refractivity contribution in [1.29, 1.82) is 0 Å². The number of nitrogens with zero attached hydrogens (tertiary/aromatic N) is 1. The topological polar surface area (TPSA) is 59.1 Å². The SMILES string of the molecule is O=C(C(=O)C1[CH]CCCNC1)c1cccc(-c2ccccn2)c1. The standard InChI is InChI=1S/C19H19N2O2/c22-18(19(23)16-6-1-3-10-20-13-16)15-8-5-7-14(12-15)17-9-2-4-11-21-17/h2,4-9,11-12,16,20H,1,3,10,13H2. The molecule has 1 aliphatic rings. The highest BCUT2D eigenvalue weighted by atomic mass is 16.2. The molecule has 2 heterocycles. The number of hydrogen-bond donors (Lipinski definition) is 1. The monoisotopic (exact) mass is 307 g/mol. The van der Waals surface area contributed by atoms with E-state index in [1.54, 1.807) is 24.4 Å². The zero-order chi connectivity index (χ0) is 16.1. The van der Waals surface area contributed by atoms with Crippen molar-refractivity contribution in [1.82, 2.24) is 10.3 Å². The predicted octanol–water partition coefficient (Wildman–Crippen LogP) is 2.70. The van der Waals surface area contributed by atoms with Crippen LogP contribution in [0.2, 0.25) is 0 Å². The number of rotatable bonds is 4. The molecule has 117 valence electrons. The number of Topliss-reactive ketones (excluding diaryl/α,β-unsaturated/α-hetero) is 2. The van der Waals surface area contributed by atoms with Crippen LogP contribution in [0.3, 0.4) is 0 Å². The van der Waals surface area contributed by atoms with Crippen LogP contribution in [0.5, 0.6) is 0 Å². The maximum absolute atomic E-state index is 12.5. The second-order valence-electron chi connectivity index (χ2n) is 5.68. The van der Waals surface area contributed by atoms with Crippen LogP contribution in [-0.2, 0) is 4.79 Å². The summed E-state index contributed by atoms with van der Waals surface area (Å²) in [4.78, 5) is 29.3. The van der Waals surface area contributed by atoms with E-state index in [2.05, 4.69) is 10.3 Å². The number of ketones is 2. The third-order valence-corrected chi connectivity index (χ3v) is 4.02. The molecule has 1 fully saturated rings. The van der Waals surface area contributed by atoms with E-state index in [0.29, 0.717) is 12.1 Å². The van der Waals surface area contributed by atoms with E-state index in [-0.39, 0.29) is 11.7 Å². The first-order chi connectivity index (χ1) is 11.3. The Bertz CT molecular complexity index is 690. The van der Waals surface area contributed by atoms with Crippen molar-refractivity contribution < 1.29 is 9.59 Å². The Labute approximate surface area is 135 Å². The molecule has 0 saturated carbocycles. The quantitative estimate of drug-likeness (QED) is 0.697. The van der Waals surface area contributed by atoms with E-state index >= 15 is 0 Å². The van der Waals surface area contributed by atoms with Gasteiger partial charge in [-0.2, -0.15) is 0 Å². The van der Waals surface area contributed by atoms with Gasteiger partial charge >= 0.3 is 0 Å². The van der Waals surface area contributed by atoms with Crippen LogP contribution in [-0.4, -0.2) is 29.6 Å². The van der Waals surface area contributed by atoms with Crippen LogP contribution in [0.15, 0.2) is 48.7 Å². The zero-order valence-electron chi connectivity index (χ0n) is 12.9. The third kappa shape index (κ3) is 3.71. The van der Waals surface area contributed by atoms with Crippen LogP contribution in [0.1, 0.15) is 23.2 Å². The number of benzene rings is 1. The minimum absolute atomic E-state index is 0.330. The summed E-state index contributed by atoms with van der Waals surface area (Å²) in [6.07, 6.45) is 5.54. The first-order valence-corrected chi connectivity index (χ1v) is 7.90. The van der Waals surface area contributed by atoms with Gasteiger partial charge in [0.15, 0.2) is 0 Å². The number of carbonyl (C=O) groups excluding carboxylic acids is 2. The van der Waals surface area contributed by atoms with Gasteiger partial charge < -0.3 is 5.32 Å². The van der Waals surface area contributed by atoms with Gasteiger partial charge in [0.25, 0.3) is 0 Å². The Morgan fingerprint density at radius 3 is 2.87 bits per heavy atom. The van der Waals surface area contributed by atoms with Gasteiger partial charge in [-0.15, -0.1) is 0 Å². The highest BCUT2D eigenvalue weighted by molar-refractivity contribution is 6.44. The Hall–Kier alpha value is -2.33. The largest absolute Gasteiger partial charge is 0.316 e. The molecule has 1 radical (unpaired) electrons. The molecular weight excluding hydrogens is 288 g/mol. The van der Waals surface area contributed by atoms with Crippen LogP contribution in [0.25, 0.3) is 11.3 Å². The Balaban J connectivity index is 1.81. The summed E-state index contributed by atoms with van der Waals surface area (Å²) >= 11 is 0. The number of pyridine rings is 1. The normalized spacial score (nSPS) is 18.2. The van der Waals surface area contributed by atoms with Crippen molar-refractivity contribution in [2.24, 2.45) is 5.92 Å². The zero-order valence-corrected chi connectivity index (χ0v) is 12.9. The van der Waals surface area contributed by atoms with Crippen LogP contribution >= 0.6 is 0 Å². The van der Waals surface area contributed by atoms with Crippen LogP contribution in [0.4, 0.5) is 0 Å². The van der Waals surface area contributed by atoms with Crippen molar-refractivity contribution in [3.63, 3.8) is 0 Å². The molecule has 4 heteroatoms. The lowest BCUT2D eigenvalue weighted by molar-refractivity contribution is -0.117. The maximum atomic E-state index is 12.5. The van der Waals surface area contributed by atoms with E-state index in [0.717, 1.165) is 30.6 Å². The molecule has 1 N–H and O–H groups in total. The molecule has 1 unspecified atom stereocenters. The molecule has 1 aliphatic heterocycles. The van der Waals surface area contributed by atoms with E-state index in [9.17, 15) is 9.59 Å². The molecule has 23 heavy (non-hydrogen) atoms. The molecule has 0 bridgehead atoms. The van der Waals surface area contributed by atoms with Gasteiger partial charge in [-0.1, -0.05) is 24.3 Å². The fraction of sp³-hybridized carbons (Fsp3) is 0.263. The molecule has 1 aromatic carbocycles. The Morgan fingerprint density at radius 2 is 2.04 bits per heavy atom. The van der Waals surface area contributed by atoms with Crippen LogP contribution < -0.4 is 5.32 Å². The highest BCUT2D eigenvalue weighted by Gasteiger charge is 2.27. The van der Waals surface area contributed by atoms with E-state index in [1.165, 1.54) is 0 Å². The van der Waals surface area contributed by atoms with Crippen molar-refractivity contribution >= 4 is 11.6 Å². The Kier molecular flexibility index (Phi) is 4.93. The van der Waals surface area contributed by atoms with Gasteiger partial charge in [0, 0.05) is 29.8 Å². The molecule has 0 amide bonds. The molecule has 4 nitrogen and oxygen atoms in total. The third-order valence-electron chi connectivity index (χ3n) is 4.02. The number of hydrogen-bond acceptors (Lipinski definition) is 4. The molecule has 3 rings (SSSR count). The second-order valence-corrected chi connectivity index (χ2v) is 5.68. The lowest BCUT2D eigenvalue weighted by Crippen LogP contribution is -2.31. The molecule has 0 aliphatic carbocycles. The number of aromatic nitrogens is 1. The summed E-state index contributed by atoms with van der Waals surface area (Å²) in [5.74, 6) is -1.09. The summed E-state index contributed by atoms with van der Waals surface area (Å²) in [5.41, 5.74) is 2.06. The molecule has 2 aromatic rings. The van der Waals surface area contributed by atoms with Crippen molar-refractivity contribution in [3.05, 3.63) is 60.6 Å². The summed E-state index contributed by atoms with van der Waals surface area (Å²) in [6, 6.07) is 12.7. The maximum Gasteiger partial charge on any atom is 0.228 e. The van der Waals surface area contributed by atoms with Crippen molar-refractivity contribution in [3.8, 4) is 11.3 Å². The lowest BCUT2D eigenvalue weighted by Gasteiger charge is -2.12. The predicted molar refractivity (Wildman–Crippen MR) is 88.9 cm³/mol. The van der Waals surface area contributed by atoms with E-state index in [1.807, 2.05) is 30.7 Å². The van der Waals surface area contributed by atoms with Gasteiger partial charge in [-0.05, 0) is 44.0 Å². The Morgan fingerprint density at radius 1 is 1.13 bits per heavy atom. The fourth-order valence-corrected chi connectivity index (χ4v) is 2.75. The van der Waals surface area contributed by atoms with Crippen molar-refractivity contribution in [2.75, 3.05) is 13.1 Å². The minimum atomic E-state index is -0.423. The molecular formula is C19H19N2O2. The van der Waals surface area contributed by atoms with Crippen LogP contribution in [0, 0.1) is 12.3 Å². The second kappa shape index (κ2) is 7.29. The smallest absolute Gasteiger partial charge is 0.228 e. The summed E-state index contributed by atoms with van der Waals surface area (Å²) in [5, 5.41) is 3.21. The van der Waals surface area contributed by atoms with Gasteiger partial charge in [-0.25, -0.2) is 0 Å². The molecule has 1 atom stereocenters. The molecule has 1 saturated heterocycles. The lowest BCUT2D eigenvalue weighted by atomic mass is 9.92. The van der Waals surface area contributed by atoms with Crippen molar-refractivity contribution in [2.45, 2.75) is 12.8 Å². The summed E-state index contributed by atoms with van der Waals surface area (Å²) in [6.45, 7) is 1.44. The first-order valence-electron chi connectivity index (χ1n) is 7.90. The average molecular weight is 307 g/mol. The fourth-order valence-electron chi connectivity index (χ4n) is 2.75. The highest BCUT2D eigenvalue weighted by Crippen LogP contribution is 2.20.